The van der Waals surface area contributed by atoms with Crippen molar-refractivity contribution in [2.24, 2.45) is 5.73 Å². The first-order valence-corrected chi connectivity index (χ1v) is 4.31. The summed E-state index contributed by atoms with van der Waals surface area (Å²) in [4.78, 5) is 0. The molecule has 1 saturated carbocycles. The molecule has 1 aromatic heterocycles. The van der Waals surface area contributed by atoms with E-state index in [1.54, 1.807) is 6.26 Å². The van der Waals surface area contributed by atoms with Crippen LogP contribution in [0.5, 0.6) is 0 Å². The average Bonchev–Trinajstić information content (AvgIpc) is 2.61. The lowest BCUT2D eigenvalue weighted by Gasteiger charge is -2.08. The van der Waals surface area contributed by atoms with Gasteiger partial charge in [0.2, 0.25) is 0 Å². The van der Waals surface area contributed by atoms with Crippen LogP contribution in [0.2, 0.25) is 0 Å². The van der Waals surface area contributed by atoms with Crippen LogP contribution in [0.15, 0.2) is 22.8 Å². The Hall–Kier alpha value is -0.800. The topological polar surface area (TPSA) is 51.2 Å². The van der Waals surface area contributed by atoms with Crippen LogP contribution in [0, 0.1) is 0 Å². The largest absolute Gasteiger partial charge is 0.468 e. The molecule has 0 atom stereocenters. The third-order valence-electron chi connectivity index (χ3n) is 2.25. The molecule has 0 unspecified atom stereocenters. The molecule has 1 aliphatic rings. The number of hydrogen-bond donors (Lipinski definition) is 2. The van der Waals surface area contributed by atoms with Crippen LogP contribution in [-0.4, -0.2) is 12.1 Å². The molecule has 12 heavy (non-hydrogen) atoms. The molecule has 3 N–H and O–H groups in total. The summed E-state index contributed by atoms with van der Waals surface area (Å²) in [6.45, 7) is 1.68. The minimum absolute atomic E-state index is 0.0899. The molecule has 1 aliphatic carbocycles. The van der Waals surface area contributed by atoms with E-state index in [9.17, 15) is 0 Å². The van der Waals surface area contributed by atoms with E-state index in [0.717, 1.165) is 31.7 Å². The number of hydrogen-bond acceptors (Lipinski definition) is 3. The predicted octanol–water partition coefficient (Wildman–Crippen LogP) is 0.860. The summed E-state index contributed by atoms with van der Waals surface area (Å²) in [7, 11) is 0. The van der Waals surface area contributed by atoms with Gasteiger partial charge in [0, 0.05) is 12.1 Å². The number of nitrogens with two attached hydrogens (primary N) is 1. The van der Waals surface area contributed by atoms with E-state index >= 15 is 0 Å². The summed E-state index contributed by atoms with van der Waals surface area (Å²) in [5, 5.41) is 3.27. The van der Waals surface area contributed by atoms with Crippen molar-refractivity contribution in [3.8, 4) is 0 Å². The Morgan fingerprint density at radius 2 is 2.42 bits per heavy atom. The van der Waals surface area contributed by atoms with Gasteiger partial charge in [0.15, 0.2) is 0 Å². The smallest absolute Gasteiger partial charge is 0.117 e. The highest BCUT2D eigenvalue weighted by Crippen LogP contribution is 2.30. The summed E-state index contributed by atoms with van der Waals surface area (Å²) < 4.78 is 5.17. The first-order valence-electron chi connectivity index (χ1n) is 4.31. The van der Waals surface area contributed by atoms with E-state index in [4.69, 9.17) is 10.2 Å². The van der Waals surface area contributed by atoms with Crippen LogP contribution in [-0.2, 0) is 6.54 Å². The molecule has 0 aliphatic heterocycles. The summed E-state index contributed by atoms with van der Waals surface area (Å²) in [5.41, 5.74) is 5.98. The highest BCUT2D eigenvalue weighted by Gasteiger charge is 2.37. The van der Waals surface area contributed by atoms with Gasteiger partial charge in [-0.05, 0) is 25.0 Å². The molecule has 2 rings (SSSR count). The lowest BCUT2D eigenvalue weighted by atomic mass is 10.3. The fourth-order valence-corrected chi connectivity index (χ4v) is 1.19. The minimum atomic E-state index is 0.0899. The van der Waals surface area contributed by atoms with Gasteiger partial charge in [-0.3, -0.25) is 0 Å². The Balaban J connectivity index is 1.69. The molecule has 66 valence electrons. The Labute approximate surface area is 71.9 Å². The molecular weight excluding hydrogens is 152 g/mol. The van der Waals surface area contributed by atoms with Crippen molar-refractivity contribution < 1.29 is 4.42 Å². The summed E-state index contributed by atoms with van der Waals surface area (Å²) in [6.07, 6.45) is 3.99. The minimum Gasteiger partial charge on any atom is -0.468 e. The van der Waals surface area contributed by atoms with E-state index in [2.05, 4.69) is 5.32 Å². The maximum absolute atomic E-state index is 5.89. The zero-order valence-electron chi connectivity index (χ0n) is 7.05. The van der Waals surface area contributed by atoms with Crippen molar-refractivity contribution in [3.63, 3.8) is 0 Å². The van der Waals surface area contributed by atoms with Crippen LogP contribution in [0.25, 0.3) is 0 Å². The third-order valence-corrected chi connectivity index (χ3v) is 2.25. The second-order valence-corrected chi connectivity index (χ2v) is 3.55. The molecular formula is C9H14N2O. The second-order valence-electron chi connectivity index (χ2n) is 3.55. The Morgan fingerprint density at radius 3 is 3.00 bits per heavy atom. The molecule has 3 nitrogen and oxygen atoms in total. The van der Waals surface area contributed by atoms with Gasteiger partial charge < -0.3 is 15.5 Å². The summed E-state index contributed by atoms with van der Waals surface area (Å²) in [6, 6.07) is 3.86. The fourth-order valence-electron chi connectivity index (χ4n) is 1.19. The molecule has 1 heterocycles. The lowest BCUT2D eigenvalue weighted by Crippen LogP contribution is -2.35. The summed E-state index contributed by atoms with van der Waals surface area (Å²) >= 11 is 0. The van der Waals surface area contributed by atoms with Crippen molar-refractivity contribution in [2.75, 3.05) is 6.54 Å². The normalized spacial score (nSPS) is 19.4. The van der Waals surface area contributed by atoms with Crippen LogP contribution in [0.1, 0.15) is 18.6 Å². The Bertz CT molecular complexity index is 239. The van der Waals surface area contributed by atoms with Crippen LogP contribution in [0.4, 0.5) is 0 Å². The number of furan rings is 1. The van der Waals surface area contributed by atoms with Gasteiger partial charge in [0.25, 0.3) is 0 Å². The molecule has 0 aromatic carbocycles. The van der Waals surface area contributed by atoms with Crippen molar-refractivity contribution in [1.29, 1.82) is 0 Å². The highest BCUT2D eigenvalue weighted by atomic mass is 16.3. The Kier molecular flexibility index (Phi) is 1.90. The van der Waals surface area contributed by atoms with Gasteiger partial charge in [-0.2, -0.15) is 0 Å². The van der Waals surface area contributed by atoms with Gasteiger partial charge in [0.05, 0.1) is 12.8 Å². The van der Waals surface area contributed by atoms with E-state index in [1.807, 2.05) is 12.1 Å². The number of nitrogens with one attached hydrogen (secondary N) is 1. The van der Waals surface area contributed by atoms with Gasteiger partial charge in [-0.15, -0.1) is 0 Å². The van der Waals surface area contributed by atoms with E-state index < -0.39 is 0 Å². The maximum Gasteiger partial charge on any atom is 0.117 e. The predicted molar refractivity (Wildman–Crippen MR) is 46.6 cm³/mol. The zero-order chi connectivity index (χ0) is 8.44. The fraction of sp³-hybridized carbons (Fsp3) is 0.556. The highest BCUT2D eigenvalue weighted by molar-refractivity contribution is 5.02. The number of rotatable bonds is 4. The maximum atomic E-state index is 5.89. The van der Waals surface area contributed by atoms with Crippen molar-refractivity contribution in [1.82, 2.24) is 5.32 Å². The summed E-state index contributed by atoms with van der Waals surface area (Å²) in [5.74, 6) is 0.972. The van der Waals surface area contributed by atoms with E-state index in [-0.39, 0.29) is 5.54 Å². The van der Waals surface area contributed by atoms with Crippen LogP contribution >= 0.6 is 0 Å². The molecule has 0 spiro atoms. The molecule has 0 bridgehead atoms. The Morgan fingerprint density at radius 1 is 1.58 bits per heavy atom. The van der Waals surface area contributed by atoms with Crippen LogP contribution < -0.4 is 11.1 Å². The average molecular weight is 166 g/mol. The monoisotopic (exact) mass is 166 g/mol. The van der Waals surface area contributed by atoms with E-state index in [0.29, 0.717) is 0 Å². The quantitative estimate of drug-likeness (QED) is 0.697. The molecule has 1 aromatic rings. The SMILES string of the molecule is NC1(CNCc2ccco2)CC1. The first kappa shape index (κ1) is 7.83. The third kappa shape index (κ3) is 1.87. The molecule has 3 heteroatoms. The van der Waals surface area contributed by atoms with Gasteiger partial charge >= 0.3 is 0 Å². The van der Waals surface area contributed by atoms with Gasteiger partial charge in [-0.25, -0.2) is 0 Å². The lowest BCUT2D eigenvalue weighted by molar-refractivity contribution is 0.469. The first-order chi connectivity index (χ1) is 5.79. The van der Waals surface area contributed by atoms with Crippen molar-refractivity contribution in [3.05, 3.63) is 24.2 Å². The molecule has 0 amide bonds. The van der Waals surface area contributed by atoms with Crippen molar-refractivity contribution >= 4 is 0 Å². The molecule has 0 saturated heterocycles. The molecule has 0 radical (unpaired) electrons. The molecule has 1 fully saturated rings. The van der Waals surface area contributed by atoms with Gasteiger partial charge in [-0.1, -0.05) is 0 Å². The standard InChI is InChI=1S/C9H14N2O/c10-9(3-4-9)7-11-6-8-2-1-5-12-8/h1-2,5,11H,3-4,6-7,10H2. The van der Waals surface area contributed by atoms with Crippen molar-refractivity contribution in [2.45, 2.75) is 24.9 Å². The van der Waals surface area contributed by atoms with Crippen LogP contribution in [0.3, 0.4) is 0 Å². The van der Waals surface area contributed by atoms with Gasteiger partial charge in [0.1, 0.15) is 5.76 Å². The second kappa shape index (κ2) is 2.92. The zero-order valence-corrected chi connectivity index (χ0v) is 7.05. The van der Waals surface area contributed by atoms with E-state index in [1.165, 1.54) is 0 Å².